The predicted molar refractivity (Wildman–Crippen MR) is 131 cm³/mol. The number of fused-ring (bicyclic) bond motifs is 1. The lowest BCUT2D eigenvalue weighted by molar-refractivity contribution is -0.141. The average molecular weight is 508 g/mol. The highest BCUT2D eigenvalue weighted by Crippen LogP contribution is 2.46. The van der Waals surface area contributed by atoms with Gasteiger partial charge in [-0.15, -0.1) is 0 Å². The number of piperazine rings is 1. The molecule has 36 heavy (non-hydrogen) atoms. The second kappa shape index (κ2) is 10.7. The molecule has 3 heterocycles. The first kappa shape index (κ1) is 26.3. The molecule has 0 spiro atoms. The summed E-state index contributed by atoms with van der Waals surface area (Å²) in [6.07, 6.45) is 2.02. The van der Waals surface area contributed by atoms with Crippen LogP contribution in [0.4, 0.5) is 23.2 Å². The van der Waals surface area contributed by atoms with Crippen LogP contribution in [0.5, 0.6) is 0 Å². The Morgan fingerprint density at radius 2 is 1.81 bits per heavy atom. The maximum absolute atomic E-state index is 13.7. The molecule has 4 rings (SSSR count). The van der Waals surface area contributed by atoms with Gasteiger partial charge >= 0.3 is 6.18 Å². The largest absolute Gasteiger partial charge is 0.478 e. The summed E-state index contributed by atoms with van der Waals surface area (Å²) in [6, 6.07) is 6.51. The van der Waals surface area contributed by atoms with Crippen molar-refractivity contribution >= 4 is 11.6 Å². The summed E-state index contributed by atoms with van der Waals surface area (Å²) in [5.74, 6) is -0.272. The molecule has 1 aromatic rings. The van der Waals surface area contributed by atoms with Crippen LogP contribution in [0, 0.1) is 17.2 Å². The number of halogens is 4. The molecular formula is C27H33F4N3O2. The van der Waals surface area contributed by atoms with Crippen LogP contribution in [-0.4, -0.2) is 67.4 Å². The van der Waals surface area contributed by atoms with E-state index in [-0.39, 0.29) is 24.2 Å². The second-order valence-electron chi connectivity index (χ2n) is 9.97. The number of carbonyl (C=O) groups is 1. The molecule has 0 aliphatic carbocycles. The maximum atomic E-state index is 13.7. The van der Waals surface area contributed by atoms with Crippen molar-refractivity contribution in [2.24, 2.45) is 11.3 Å². The van der Waals surface area contributed by atoms with Crippen molar-refractivity contribution in [1.82, 2.24) is 9.80 Å². The number of ether oxygens (including phenoxy) is 1. The molecular weight excluding hydrogens is 474 g/mol. The van der Waals surface area contributed by atoms with E-state index in [1.807, 2.05) is 13.8 Å². The monoisotopic (exact) mass is 507 g/mol. The first-order chi connectivity index (χ1) is 17.1. The molecule has 0 bridgehead atoms. The SMILES string of the molecule is CC(C)C1(CCN2CCN(c3ccc(F)cc3)CC2)CC2O/C=C/C=C(C(F)(F)F)\C=C\CN2C1=O. The van der Waals surface area contributed by atoms with Gasteiger partial charge in [0.1, 0.15) is 5.82 Å². The van der Waals surface area contributed by atoms with Gasteiger partial charge in [0, 0.05) is 44.8 Å². The summed E-state index contributed by atoms with van der Waals surface area (Å²) in [5, 5.41) is 0. The van der Waals surface area contributed by atoms with Crippen LogP contribution in [0.1, 0.15) is 26.7 Å². The van der Waals surface area contributed by atoms with Crippen LogP contribution < -0.4 is 4.90 Å². The van der Waals surface area contributed by atoms with Crippen LogP contribution >= 0.6 is 0 Å². The fraction of sp³-hybridized carbons (Fsp3) is 0.519. The Bertz CT molecular complexity index is 1010. The van der Waals surface area contributed by atoms with E-state index in [0.29, 0.717) is 12.8 Å². The molecule has 2 saturated heterocycles. The highest BCUT2D eigenvalue weighted by Gasteiger charge is 2.53. The molecule has 0 radical (unpaired) electrons. The Morgan fingerprint density at radius 3 is 2.44 bits per heavy atom. The fourth-order valence-electron chi connectivity index (χ4n) is 5.28. The number of hydrogen-bond acceptors (Lipinski definition) is 4. The van der Waals surface area contributed by atoms with Crippen LogP contribution in [-0.2, 0) is 9.53 Å². The molecule has 2 atom stereocenters. The quantitative estimate of drug-likeness (QED) is 0.518. The van der Waals surface area contributed by atoms with E-state index in [4.69, 9.17) is 4.74 Å². The number of amides is 1. The summed E-state index contributed by atoms with van der Waals surface area (Å²) in [4.78, 5) is 19.8. The lowest BCUT2D eigenvalue weighted by Crippen LogP contribution is -2.48. The Kier molecular flexibility index (Phi) is 7.78. The maximum Gasteiger partial charge on any atom is 0.416 e. The summed E-state index contributed by atoms with van der Waals surface area (Å²) >= 11 is 0. The molecule has 3 aliphatic heterocycles. The van der Waals surface area contributed by atoms with Crippen molar-refractivity contribution in [3.63, 3.8) is 0 Å². The molecule has 196 valence electrons. The highest BCUT2D eigenvalue weighted by molar-refractivity contribution is 5.85. The van der Waals surface area contributed by atoms with Gasteiger partial charge in [-0.1, -0.05) is 26.0 Å². The topological polar surface area (TPSA) is 36.0 Å². The summed E-state index contributed by atoms with van der Waals surface area (Å²) in [6.45, 7) is 8.16. The average Bonchev–Trinajstić information content (AvgIpc) is 3.12. The van der Waals surface area contributed by atoms with Gasteiger partial charge in [-0.05, 0) is 55.3 Å². The van der Waals surface area contributed by atoms with Gasteiger partial charge in [-0.3, -0.25) is 9.69 Å². The molecule has 0 N–H and O–H groups in total. The highest BCUT2D eigenvalue weighted by atomic mass is 19.4. The minimum atomic E-state index is -4.48. The smallest absolute Gasteiger partial charge is 0.416 e. The van der Waals surface area contributed by atoms with E-state index in [9.17, 15) is 22.4 Å². The molecule has 2 unspecified atom stereocenters. The third kappa shape index (κ3) is 5.61. The van der Waals surface area contributed by atoms with Gasteiger partial charge in [0.25, 0.3) is 0 Å². The van der Waals surface area contributed by atoms with Crippen molar-refractivity contribution in [2.75, 3.05) is 44.2 Å². The molecule has 9 heteroatoms. The lowest BCUT2D eigenvalue weighted by atomic mass is 9.72. The number of alkyl halides is 3. The first-order valence-corrected chi connectivity index (χ1v) is 12.4. The normalized spacial score (nSPS) is 28.9. The Balaban J connectivity index is 1.41. The molecule has 0 aromatic heterocycles. The zero-order valence-electron chi connectivity index (χ0n) is 20.7. The Labute approximate surface area is 209 Å². The molecule has 1 amide bonds. The van der Waals surface area contributed by atoms with E-state index in [2.05, 4.69) is 9.80 Å². The minimum Gasteiger partial charge on any atom is -0.478 e. The van der Waals surface area contributed by atoms with Gasteiger partial charge in [0.2, 0.25) is 5.91 Å². The molecule has 5 nitrogen and oxygen atoms in total. The zero-order chi connectivity index (χ0) is 25.9. The Morgan fingerprint density at radius 1 is 1.11 bits per heavy atom. The van der Waals surface area contributed by atoms with Crippen LogP contribution in [0.15, 0.2) is 60.4 Å². The molecule has 3 aliphatic rings. The molecule has 1 aromatic carbocycles. The van der Waals surface area contributed by atoms with E-state index in [0.717, 1.165) is 50.6 Å². The van der Waals surface area contributed by atoms with E-state index in [1.165, 1.54) is 30.5 Å². The van der Waals surface area contributed by atoms with E-state index < -0.39 is 23.4 Å². The number of rotatable bonds is 5. The van der Waals surface area contributed by atoms with Crippen molar-refractivity contribution in [3.8, 4) is 0 Å². The van der Waals surface area contributed by atoms with Gasteiger partial charge in [0.05, 0.1) is 17.3 Å². The zero-order valence-corrected chi connectivity index (χ0v) is 20.7. The van der Waals surface area contributed by atoms with Crippen LogP contribution in [0.3, 0.4) is 0 Å². The first-order valence-electron chi connectivity index (χ1n) is 12.4. The number of anilines is 1. The van der Waals surface area contributed by atoms with E-state index in [1.54, 1.807) is 17.0 Å². The van der Waals surface area contributed by atoms with Gasteiger partial charge in [-0.25, -0.2) is 4.39 Å². The lowest BCUT2D eigenvalue weighted by Gasteiger charge is -2.38. The fourth-order valence-corrected chi connectivity index (χ4v) is 5.28. The predicted octanol–water partition coefficient (Wildman–Crippen LogP) is 5.13. The standard InChI is InChI=1S/C27H33F4N3O2/c1-20(2)26(11-13-32-14-16-33(17-15-32)23-9-7-22(28)8-10-23)19-24-34(25(26)35)12-3-5-21(27(29,30)31)6-4-18-36-24/h3-10,18,20,24H,11-17,19H2,1-2H3/b5-3+,18-4+,21-6+. The number of carbonyl (C=O) groups excluding carboxylic acids is 1. The third-order valence-electron chi connectivity index (χ3n) is 7.63. The molecule has 2 fully saturated rings. The third-order valence-corrected chi connectivity index (χ3v) is 7.63. The second-order valence-corrected chi connectivity index (χ2v) is 9.97. The molecule has 0 saturated carbocycles. The minimum absolute atomic E-state index is 0.0450. The summed E-state index contributed by atoms with van der Waals surface area (Å²) in [5.41, 5.74) is -0.435. The van der Waals surface area contributed by atoms with Crippen molar-refractivity contribution in [1.29, 1.82) is 0 Å². The van der Waals surface area contributed by atoms with Crippen molar-refractivity contribution in [3.05, 3.63) is 66.2 Å². The summed E-state index contributed by atoms with van der Waals surface area (Å²) in [7, 11) is 0. The number of nitrogens with zero attached hydrogens (tertiary/aromatic N) is 3. The summed E-state index contributed by atoms with van der Waals surface area (Å²) < 4.78 is 58.5. The van der Waals surface area contributed by atoms with Gasteiger partial charge < -0.3 is 14.5 Å². The number of hydrogen-bond donors (Lipinski definition) is 0. The van der Waals surface area contributed by atoms with E-state index >= 15 is 0 Å². The van der Waals surface area contributed by atoms with Crippen LogP contribution in [0.2, 0.25) is 0 Å². The van der Waals surface area contributed by atoms with Crippen molar-refractivity contribution in [2.45, 2.75) is 39.1 Å². The van der Waals surface area contributed by atoms with Crippen molar-refractivity contribution < 1.29 is 27.1 Å². The number of benzene rings is 1. The van der Waals surface area contributed by atoms with Gasteiger partial charge in [0.15, 0.2) is 6.23 Å². The number of allylic oxidation sites excluding steroid dienone is 4. The Hall–Kier alpha value is -2.81. The van der Waals surface area contributed by atoms with Crippen LogP contribution in [0.25, 0.3) is 0 Å². The van der Waals surface area contributed by atoms with Gasteiger partial charge in [-0.2, -0.15) is 13.2 Å².